The molecule has 136 valence electrons. The molecule has 4 heteroatoms. The second kappa shape index (κ2) is 7.23. The van der Waals surface area contributed by atoms with Crippen LogP contribution in [0.3, 0.4) is 0 Å². The molecule has 3 aromatic rings. The van der Waals surface area contributed by atoms with Crippen LogP contribution in [0, 0.1) is 13.8 Å². The third-order valence-corrected chi connectivity index (χ3v) is 4.86. The maximum Gasteiger partial charge on any atom is 0.251 e. The summed E-state index contributed by atoms with van der Waals surface area (Å²) in [6.45, 7) is 4.53. The zero-order valence-corrected chi connectivity index (χ0v) is 15.5. The van der Waals surface area contributed by atoms with Crippen molar-refractivity contribution in [1.82, 2.24) is 10.3 Å². The SMILES string of the molecule is Cc1cccc(C(=O)NCC2Cc3cc(-c4ncccc4C)ccc3O2)c1. The van der Waals surface area contributed by atoms with E-state index in [0.29, 0.717) is 12.1 Å². The lowest BCUT2D eigenvalue weighted by Gasteiger charge is -2.12. The number of carbonyl (C=O) groups is 1. The predicted octanol–water partition coefficient (Wildman–Crippen LogP) is 4.10. The van der Waals surface area contributed by atoms with E-state index < -0.39 is 0 Å². The Hall–Kier alpha value is -3.14. The number of nitrogens with one attached hydrogen (secondary N) is 1. The van der Waals surface area contributed by atoms with Crippen LogP contribution in [0.5, 0.6) is 5.75 Å². The molecule has 0 radical (unpaired) electrons. The maximum absolute atomic E-state index is 12.3. The average Bonchev–Trinajstić information content (AvgIpc) is 3.08. The Kier molecular flexibility index (Phi) is 4.63. The van der Waals surface area contributed by atoms with E-state index in [4.69, 9.17) is 4.74 Å². The molecule has 27 heavy (non-hydrogen) atoms. The number of carbonyl (C=O) groups excluding carboxylic acids is 1. The molecular weight excluding hydrogens is 336 g/mol. The molecule has 2 aromatic carbocycles. The number of pyridine rings is 1. The number of rotatable bonds is 4. The van der Waals surface area contributed by atoms with Gasteiger partial charge in [0.1, 0.15) is 11.9 Å². The summed E-state index contributed by atoms with van der Waals surface area (Å²) in [5.41, 5.74) is 6.16. The number of ether oxygens (including phenoxy) is 1. The average molecular weight is 358 g/mol. The van der Waals surface area contributed by atoms with Gasteiger partial charge in [0.25, 0.3) is 5.91 Å². The zero-order valence-electron chi connectivity index (χ0n) is 15.5. The summed E-state index contributed by atoms with van der Waals surface area (Å²) in [6, 6.07) is 17.8. The molecule has 1 aliphatic rings. The van der Waals surface area contributed by atoms with Gasteiger partial charge in [-0.1, -0.05) is 23.8 Å². The normalized spacial score (nSPS) is 15.1. The summed E-state index contributed by atoms with van der Waals surface area (Å²) in [5.74, 6) is 0.824. The minimum atomic E-state index is -0.0666. The number of hydrogen-bond donors (Lipinski definition) is 1. The van der Waals surface area contributed by atoms with Crippen molar-refractivity contribution in [2.75, 3.05) is 6.54 Å². The van der Waals surface area contributed by atoms with Gasteiger partial charge in [-0.3, -0.25) is 9.78 Å². The smallest absolute Gasteiger partial charge is 0.251 e. The van der Waals surface area contributed by atoms with Crippen molar-refractivity contribution >= 4 is 5.91 Å². The number of amides is 1. The standard InChI is InChI=1S/C23H22N2O2/c1-15-5-3-7-18(11-15)23(26)25-14-20-13-19-12-17(8-9-21(19)27-20)22-16(2)6-4-10-24-22/h3-12,20H,13-14H2,1-2H3,(H,25,26). The third-order valence-electron chi connectivity index (χ3n) is 4.86. The van der Waals surface area contributed by atoms with Crippen LogP contribution >= 0.6 is 0 Å². The Bertz CT molecular complexity index is 997. The van der Waals surface area contributed by atoms with Crippen molar-refractivity contribution in [1.29, 1.82) is 0 Å². The summed E-state index contributed by atoms with van der Waals surface area (Å²) >= 11 is 0. The molecular formula is C23H22N2O2. The van der Waals surface area contributed by atoms with Crippen molar-refractivity contribution in [2.24, 2.45) is 0 Å². The minimum Gasteiger partial charge on any atom is -0.488 e. The van der Waals surface area contributed by atoms with Gasteiger partial charge in [0.15, 0.2) is 0 Å². The first kappa shape index (κ1) is 17.3. The van der Waals surface area contributed by atoms with Crippen LogP contribution in [0.1, 0.15) is 27.0 Å². The van der Waals surface area contributed by atoms with Gasteiger partial charge in [-0.2, -0.15) is 0 Å². The van der Waals surface area contributed by atoms with Crippen LogP contribution in [-0.2, 0) is 6.42 Å². The van der Waals surface area contributed by atoms with E-state index in [0.717, 1.165) is 40.1 Å². The number of benzene rings is 2. The molecule has 0 saturated heterocycles. The zero-order chi connectivity index (χ0) is 18.8. The quantitative estimate of drug-likeness (QED) is 0.764. The van der Waals surface area contributed by atoms with Gasteiger partial charge in [0.05, 0.1) is 12.2 Å². The molecule has 1 unspecified atom stereocenters. The van der Waals surface area contributed by atoms with Gasteiger partial charge >= 0.3 is 0 Å². The Morgan fingerprint density at radius 1 is 1.15 bits per heavy atom. The van der Waals surface area contributed by atoms with Crippen molar-refractivity contribution in [3.8, 4) is 17.0 Å². The fourth-order valence-electron chi connectivity index (χ4n) is 3.46. The molecule has 4 rings (SSSR count). The number of fused-ring (bicyclic) bond motifs is 1. The summed E-state index contributed by atoms with van der Waals surface area (Å²) in [4.78, 5) is 16.8. The molecule has 1 aromatic heterocycles. The Labute approximate surface area is 159 Å². The van der Waals surface area contributed by atoms with E-state index in [2.05, 4.69) is 29.4 Å². The van der Waals surface area contributed by atoms with E-state index in [9.17, 15) is 4.79 Å². The Morgan fingerprint density at radius 2 is 2.04 bits per heavy atom. The van der Waals surface area contributed by atoms with Crippen molar-refractivity contribution in [2.45, 2.75) is 26.4 Å². The van der Waals surface area contributed by atoms with Crippen LogP contribution in [0.4, 0.5) is 0 Å². The molecule has 0 saturated carbocycles. The highest BCUT2D eigenvalue weighted by atomic mass is 16.5. The van der Waals surface area contributed by atoms with Crippen LogP contribution in [-0.4, -0.2) is 23.5 Å². The molecule has 0 spiro atoms. The Morgan fingerprint density at radius 3 is 2.85 bits per heavy atom. The Balaban J connectivity index is 1.42. The topological polar surface area (TPSA) is 51.2 Å². The van der Waals surface area contributed by atoms with Gasteiger partial charge in [0.2, 0.25) is 0 Å². The first-order chi connectivity index (χ1) is 13.1. The summed E-state index contributed by atoms with van der Waals surface area (Å²) in [7, 11) is 0. The summed E-state index contributed by atoms with van der Waals surface area (Å²) in [6.07, 6.45) is 2.55. The second-order valence-electron chi connectivity index (χ2n) is 7.01. The van der Waals surface area contributed by atoms with Gasteiger partial charge in [-0.15, -0.1) is 0 Å². The van der Waals surface area contributed by atoms with E-state index in [1.165, 1.54) is 0 Å². The highest BCUT2D eigenvalue weighted by molar-refractivity contribution is 5.94. The molecule has 0 fully saturated rings. The van der Waals surface area contributed by atoms with Crippen LogP contribution in [0.2, 0.25) is 0 Å². The number of nitrogens with zero attached hydrogens (tertiary/aromatic N) is 1. The molecule has 1 amide bonds. The molecule has 0 aliphatic carbocycles. The second-order valence-corrected chi connectivity index (χ2v) is 7.01. The van der Waals surface area contributed by atoms with Gasteiger partial charge < -0.3 is 10.1 Å². The highest BCUT2D eigenvalue weighted by Gasteiger charge is 2.24. The van der Waals surface area contributed by atoms with Crippen LogP contribution in [0.25, 0.3) is 11.3 Å². The number of aromatic nitrogens is 1. The predicted molar refractivity (Wildman–Crippen MR) is 106 cm³/mol. The molecule has 1 N–H and O–H groups in total. The van der Waals surface area contributed by atoms with E-state index in [1.807, 2.05) is 55.6 Å². The van der Waals surface area contributed by atoms with Crippen molar-refractivity contribution in [3.05, 3.63) is 83.0 Å². The highest BCUT2D eigenvalue weighted by Crippen LogP contribution is 2.33. The lowest BCUT2D eigenvalue weighted by Crippen LogP contribution is -2.34. The summed E-state index contributed by atoms with van der Waals surface area (Å²) < 4.78 is 6.00. The lowest BCUT2D eigenvalue weighted by molar-refractivity contribution is 0.0933. The van der Waals surface area contributed by atoms with Gasteiger partial charge in [0, 0.05) is 23.7 Å². The van der Waals surface area contributed by atoms with Crippen LogP contribution < -0.4 is 10.1 Å². The van der Waals surface area contributed by atoms with Gasteiger partial charge in [-0.05, 0) is 61.4 Å². The summed E-state index contributed by atoms with van der Waals surface area (Å²) in [5, 5.41) is 2.98. The largest absolute Gasteiger partial charge is 0.488 e. The van der Waals surface area contributed by atoms with E-state index in [-0.39, 0.29) is 12.0 Å². The number of hydrogen-bond acceptors (Lipinski definition) is 3. The first-order valence-electron chi connectivity index (χ1n) is 9.16. The molecule has 1 atom stereocenters. The van der Waals surface area contributed by atoms with Crippen LogP contribution in [0.15, 0.2) is 60.8 Å². The number of aryl methyl sites for hydroxylation is 2. The molecule has 4 nitrogen and oxygen atoms in total. The lowest BCUT2D eigenvalue weighted by atomic mass is 10.0. The van der Waals surface area contributed by atoms with Gasteiger partial charge in [-0.25, -0.2) is 0 Å². The fourth-order valence-corrected chi connectivity index (χ4v) is 3.46. The fraction of sp³-hybridized carbons (Fsp3) is 0.217. The minimum absolute atomic E-state index is 0.0474. The first-order valence-corrected chi connectivity index (χ1v) is 9.16. The van der Waals surface area contributed by atoms with Crippen molar-refractivity contribution < 1.29 is 9.53 Å². The van der Waals surface area contributed by atoms with E-state index >= 15 is 0 Å². The molecule has 2 heterocycles. The van der Waals surface area contributed by atoms with E-state index in [1.54, 1.807) is 0 Å². The van der Waals surface area contributed by atoms with Crippen molar-refractivity contribution in [3.63, 3.8) is 0 Å². The monoisotopic (exact) mass is 358 g/mol. The molecule has 0 bridgehead atoms. The molecule has 1 aliphatic heterocycles. The maximum atomic E-state index is 12.3. The third kappa shape index (κ3) is 3.70.